The van der Waals surface area contributed by atoms with E-state index in [0.717, 1.165) is 19.4 Å². The fraction of sp³-hybridized carbons (Fsp3) is 0.818. The topological polar surface area (TPSA) is 64.3 Å². The van der Waals surface area contributed by atoms with Crippen LogP contribution in [-0.2, 0) is 9.53 Å². The van der Waals surface area contributed by atoms with E-state index in [1.807, 2.05) is 6.92 Å². The number of nitrogens with one attached hydrogen (secondary N) is 1. The van der Waals surface area contributed by atoms with Crippen LogP contribution in [0.25, 0.3) is 0 Å². The molecule has 0 saturated heterocycles. The van der Waals surface area contributed by atoms with Crippen LogP contribution in [0.1, 0.15) is 33.1 Å². The molecule has 0 spiro atoms. The highest BCUT2D eigenvalue weighted by Crippen LogP contribution is 2.32. The second-order valence-electron chi connectivity index (χ2n) is 4.31. The second kappa shape index (κ2) is 6.15. The highest BCUT2D eigenvalue weighted by Gasteiger charge is 2.31. The summed E-state index contributed by atoms with van der Waals surface area (Å²) in [6, 6.07) is -0.217. The maximum atomic E-state index is 11.6. The van der Waals surface area contributed by atoms with E-state index in [2.05, 4.69) is 5.32 Å². The van der Waals surface area contributed by atoms with Gasteiger partial charge in [0, 0.05) is 13.0 Å². The first-order chi connectivity index (χ1) is 7.52. The number of thiocarbonyl (C=S) groups is 1. The minimum Gasteiger partial charge on any atom is -0.392 e. The molecule has 0 radical (unpaired) electrons. The molecule has 92 valence electrons. The van der Waals surface area contributed by atoms with E-state index < -0.39 is 0 Å². The normalized spacial score (nSPS) is 25.6. The van der Waals surface area contributed by atoms with Gasteiger partial charge in [0.05, 0.1) is 17.1 Å². The van der Waals surface area contributed by atoms with Crippen molar-refractivity contribution in [2.45, 2.75) is 45.3 Å². The highest BCUT2D eigenvalue weighted by atomic mass is 32.1. The Kier molecular flexibility index (Phi) is 5.15. The van der Waals surface area contributed by atoms with Crippen molar-refractivity contribution in [2.75, 3.05) is 6.61 Å². The molecule has 0 aromatic heterocycles. The van der Waals surface area contributed by atoms with Gasteiger partial charge < -0.3 is 15.8 Å². The second-order valence-corrected chi connectivity index (χ2v) is 4.78. The van der Waals surface area contributed by atoms with Crippen LogP contribution in [0.5, 0.6) is 0 Å². The maximum Gasteiger partial charge on any atom is 0.220 e. The first-order valence-electron chi connectivity index (χ1n) is 5.73. The smallest absolute Gasteiger partial charge is 0.220 e. The Balaban J connectivity index is 2.15. The average molecular weight is 244 g/mol. The van der Waals surface area contributed by atoms with Gasteiger partial charge in [-0.3, -0.25) is 4.79 Å². The van der Waals surface area contributed by atoms with E-state index in [1.54, 1.807) is 6.92 Å². The van der Waals surface area contributed by atoms with Crippen molar-refractivity contribution >= 4 is 23.1 Å². The van der Waals surface area contributed by atoms with E-state index in [4.69, 9.17) is 22.7 Å². The van der Waals surface area contributed by atoms with Crippen molar-refractivity contribution < 1.29 is 9.53 Å². The van der Waals surface area contributed by atoms with Crippen molar-refractivity contribution in [2.24, 2.45) is 11.7 Å². The first-order valence-corrected chi connectivity index (χ1v) is 6.14. The van der Waals surface area contributed by atoms with Gasteiger partial charge in [0.1, 0.15) is 0 Å². The standard InChI is InChI=1S/C11H20N2O2S/c1-3-15-9-4-8(5-9)6-10(14)13-7(2)11(12)16/h7-9H,3-6H2,1-2H3,(H2,12,16)(H,13,14). The van der Waals surface area contributed by atoms with Gasteiger partial charge in [-0.1, -0.05) is 12.2 Å². The average Bonchev–Trinajstić information content (AvgIpc) is 2.14. The van der Waals surface area contributed by atoms with Crippen LogP contribution in [0.2, 0.25) is 0 Å². The summed E-state index contributed by atoms with van der Waals surface area (Å²) in [4.78, 5) is 11.9. The van der Waals surface area contributed by atoms with E-state index in [-0.39, 0.29) is 11.9 Å². The van der Waals surface area contributed by atoms with Gasteiger partial charge in [-0.2, -0.15) is 0 Å². The number of ether oxygens (including phenoxy) is 1. The molecule has 1 unspecified atom stereocenters. The SMILES string of the molecule is CCOC1CC(CC(=O)NC(C)C(N)=S)C1. The molecule has 16 heavy (non-hydrogen) atoms. The Bertz CT molecular complexity index is 265. The monoisotopic (exact) mass is 244 g/mol. The van der Waals surface area contributed by atoms with E-state index in [9.17, 15) is 4.79 Å². The molecule has 0 aromatic carbocycles. The zero-order valence-corrected chi connectivity index (χ0v) is 10.7. The van der Waals surface area contributed by atoms with E-state index in [1.165, 1.54) is 0 Å². The quantitative estimate of drug-likeness (QED) is 0.684. The summed E-state index contributed by atoms with van der Waals surface area (Å²) in [5.74, 6) is 0.482. The molecule has 0 heterocycles. The number of hydrogen-bond acceptors (Lipinski definition) is 3. The molecular formula is C11H20N2O2S. The van der Waals surface area contributed by atoms with Crippen LogP contribution in [0.3, 0.4) is 0 Å². The molecular weight excluding hydrogens is 224 g/mol. The van der Waals surface area contributed by atoms with Gasteiger partial charge in [0.25, 0.3) is 0 Å². The summed E-state index contributed by atoms with van der Waals surface area (Å²) in [7, 11) is 0. The molecule has 1 aliphatic rings. The third-order valence-corrected chi connectivity index (χ3v) is 3.23. The van der Waals surface area contributed by atoms with Crippen molar-refractivity contribution in [1.82, 2.24) is 5.32 Å². The Morgan fingerprint density at radius 3 is 2.75 bits per heavy atom. The summed E-state index contributed by atoms with van der Waals surface area (Å²) in [6.45, 7) is 4.54. The Labute approximate surface area is 102 Å². The molecule has 1 rings (SSSR count). The Hall–Kier alpha value is -0.680. The minimum atomic E-state index is -0.217. The summed E-state index contributed by atoms with van der Waals surface area (Å²) >= 11 is 4.79. The molecule has 4 nitrogen and oxygen atoms in total. The molecule has 1 fully saturated rings. The van der Waals surface area contributed by atoms with Gasteiger partial charge in [-0.05, 0) is 32.6 Å². The lowest BCUT2D eigenvalue weighted by atomic mass is 9.80. The number of carbonyl (C=O) groups excluding carboxylic acids is 1. The third kappa shape index (κ3) is 4.06. The lowest BCUT2D eigenvalue weighted by Gasteiger charge is -2.34. The predicted molar refractivity (Wildman–Crippen MR) is 67.1 cm³/mol. The zero-order valence-electron chi connectivity index (χ0n) is 9.86. The molecule has 5 heteroatoms. The Morgan fingerprint density at radius 2 is 2.25 bits per heavy atom. The van der Waals surface area contributed by atoms with Crippen LogP contribution >= 0.6 is 12.2 Å². The number of hydrogen-bond donors (Lipinski definition) is 2. The van der Waals surface area contributed by atoms with E-state index >= 15 is 0 Å². The molecule has 0 aromatic rings. The molecule has 0 bridgehead atoms. The summed E-state index contributed by atoms with van der Waals surface area (Å²) in [5, 5.41) is 2.78. The van der Waals surface area contributed by atoms with Gasteiger partial charge >= 0.3 is 0 Å². The molecule has 1 atom stereocenters. The van der Waals surface area contributed by atoms with Crippen molar-refractivity contribution in [3.8, 4) is 0 Å². The maximum absolute atomic E-state index is 11.6. The molecule has 1 saturated carbocycles. The van der Waals surface area contributed by atoms with Crippen LogP contribution in [0, 0.1) is 5.92 Å². The number of carbonyl (C=O) groups is 1. The van der Waals surface area contributed by atoms with Crippen molar-refractivity contribution in [3.05, 3.63) is 0 Å². The van der Waals surface area contributed by atoms with Crippen LogP contribution < -0.4 is 11.1 Å². The predicted octanol–water partition coefficient (Wildman–Crippen LogP) is 0.982. The Morgan fingerprint density at radius 1 is 1.62 bits per heavy atom. The van der Waals surface area contributed by atoms with Crippen LogP contribution in [-0.4, -0.2) is 29.6 Å². The molecule has 1 aliphatic carbocycles. The van der Waals surface area contributed by atoms with Crippen molar-refractivity contribution in [1.29, 1.82) is 0 Å². The van der Waals surface area contributed by atoms with Gasteiger partial charge in [-0.15, -0.1) is 0 Å². The number of nitrogens with two attached hydrogens (primary N) is 1. The number of rotatable bonds is 6. The summed E-state index contributed by atoms with van der Waals surface area (Å²) < 4.78 is 5.44. The summed E-state index contributed by atoms with van der Waals surface area (Å²) in [6.07, 6.45) is 2.89. The van der Waals surface area contributed by atoms with Gasteiger partial charge in [-0.25, -0.2) is 0 Å². The largest absolute Gasteiger partial charge is 0.392 e. The van der Waals surface area contributed by atoms with Crippen LogP contribution in [0.15, 0.2) is 0 Å². The summed E-state index contributed by atoms with van der Waals surface area (Å²) in [5.41, 5.74) is 5.42. The van der Waals surface area contributed by atoms with Crippen LogP contribution in [0.4, 0.5) is 0 Å². The zero-order chi connectivity index (χ0) is 12.1. The fourth-order valence-electron chi connectivity index (χ4n) is 1.85. The van der Waals surface area contributed by atoms with Gasteiger partial charge in [0.2, 0.25) is 5.91 Å². The molecule has 0 aliphatic heterocycles. The third-order valence-electron chi connectivity index (χ3n) is 2.87. The number of amides is 1. The highest BCUT2D eigenvalue weighted by molar-refractivity contribution is 7.80. The van der Waals surface area contributed by atoms with Crippen molar-refractivity contribution in [3.63, 3.8) is 0 Å². The van der Waals surface area contributed by atoms with Gasteiger partial charge in [0.15, 0.2) is 0 Å². The first kappa shape index (κ1) is 13.4. The lowest BCUT2D eigenvalue weighted by Crippen LogP contribution is -2.43. The minimum absolute atomic E-state index is 0.0280. The van der Waals surface area contributed by atoms with E-state index in [0.29, 0.717) is 23.4 Å². The lowest BCUT2D eigenvalue weighted by molar-refractivity contribution is -0.124. The molecule has 1 amide bonds. The molecule has 3 N–H and O–H groups in total. The fourth-order valence-corrected chi connectivity index (χ4v) is 1.91.